The molecule has 0 heterocycles. The molecule has 0 aliphatic carbocycles. The van der Waals surface area contributed by atoms with E-state index in [9.17, 15) is 0 Å². The van der Waals surface area contributed by atoms with Crippen molar-refractivity contribution in [3.8, 4) is 5.75 Å². The average molecular weight is 537 g/mol. The van der Waals surface area contributed by atoms with Crippen LogP contribution in [0.25, 0.3) is 0 Å². The molecule has 210 valence electrons. The summed E-state index contributed by atoms with van der Waals surface area (Å²) in [6, 6.07) is 40.0. The second-order valence-corrected chi connectivity index (χ2v) is 10.4. The average Bonchev–Trinajstić information content (AvgIpc) is 3.03. The van der Waals surface area contributed by atoms with Gasteiger partial charge in [-0.3, -0.25) is 0 Å². The quantitative estimate of drug-likeness (QED) is 0.0936. The number of unbranched alkanes of at least 4 members (excludes halogenated alkanes) is 7. The summed E-state index contributed by atoms with van der Waals surface area (Å²) in [5, 5.41) is 0. The van der Waals surface area contributed by atoms with Crippen LogP contribution >= 0.6 is 0 Å². The van der Waals surface area contributed by atoms with E-state index < -0.39 is 5.60 Å². The standard InChI is InChI=1S/C37H44O3/c1-38-36-27-25-32(26-28-36)31-39-29-17-6-4-2-3-5-7-18-30-40-37(33-19-11-8-12-20-33,34-21-13-9-14-22-34)35-23-15-10-16-24-35/h8-16,19-28H,2-7,17-18,29-31H2,1H3. The van der Waals surface area contributed by atoms with Crippen molar-refractivity contribution in [2.45, 2.75) is 63.6 Å². The van der Waals surface area contributed by atoms with Crippen LogP contribution in [0.15, 0.2) is 115 Å². The van der Waals surface area contributed by atoms with Crippen molar-refractivity contribution in [2.24, 2.45) is 0 Å². The molecule has 4 aromatic carbocycles. The predicted octanol–water partition coefficient (Wildman–Crippen LogP) is 9.34. The molecule has 0 saturated heterocycles. The molecule has 0 amide bonds. The Hall–Kier alpha value is -3.40. The predicted molar refractivity (Wildman–Crippen MR) is 165 cm³/mol. The topological polar surface area (TPSA) is 27.7 Å². The van der Waals surface area contributed by atoms with Crippen LogP contribution in [-0.2, 0) is 21.7 Å². The molecule has 4 rings (SSSR count). The third-order valence-corrected chi connectivity index (χ3v) is 7.47. The molecule has 0 saturated carbocycles. The van der Waals surface area contributed by atoms with Crippen molar-refractivity contribution in [1.29, 1.82) is 0 Å². The SMILES string of the molecule is COc1ccc(COCCCCCCCCCCOC(c2ccccc2)(c2ccccc2)c2ccccc2)cc1. The molecule has 0 bridgehead atoms. The minimum Gasteiger partial charge on any atom is -0.497 e. The Labute approximate surface area is 241 Å². The zero-order chi connectivity index (χ0) is 27.7. The van der Waals surface area contributed by atoms with E-state index in [-0.39, 0.29) is 0 Å². The maximum absolute atomic E-state index is 6.89. The third kappa shape index (κ3) is 8.55. The monoisotopic (exact) mass is 536 g/mol. The van der Waals surface area contributed by atoms with Crippen LogP contribution in [0.3, 0.4) is 0 Å². The highest BCUT2D eigenvalue weighted by atomic mass is 16.5. The summed E-state index contributed by atoms with van der Waals surface area (Å²) >= 11 is 0. The van der Waals surface area contributed by atoms with Gasteiger partial charge in [-0.2, -0.15) is 0 Å². The summed E-state index contributed by atoms with van der Waals surface area (Å²) in [6.45, 7) is 2.23. The van der Waals surface area contributed by atoms with Gasteiger partial charge in [0.25, 0.3) is 0 Å². The van der Waals surface area contributed by atoms with E-state index in [1.165, 1.54) is 60.8 Å². The lowest BCUT2D eigenvalue weighted by molar-refractivity contribution is 0.0106. The molecule has 40 heavy (non-hydrogen) atoms. The highest BCUT2D eigenvalue weighted by molar-refractivity contribution is 5.47. The van der Waals surface area contributed by atoms with Crippen molar-refractivity contribution in [3.63, 3.8) is 0 Å². The summed E-state index contributed by atoms with van der Waals surface area (Å²) < 4.78 is 17.9. The largest absolute Gasteiger partial charge is 0.497 e. The number of methoxy groups -OCH3 is 1. The zero-order valence-electron chi connectivity index (χ0n) is 24.0. The molecule has 3 nitrogen and oxygen atoms in total. The molecule has 0 aliphatic rings. The van der Waals surface area contributed by atoms with E-state index in [4.69, 9.17) is 14.2 Å². The molecule has 0 atom stereocenters. The highest BCUT2D eigenvalue weighted by Gasteiger charge is 2.37. The Morgan fingerprint density at radius 3 is 1.35 bits per heavy atom. The molecule has 3 heteroatoms. The minimum absolute atomic E-state index is 0.612. The first-order valence-corrected chi connectivity index (χ1v) is 14.8. The van der Waals surface area contributed by atoms with Gasteiger partial charge < -0.3 is 14.2 Å². The van der Waals surface area contributed by atoms with Gasteiger partial charge in [-0.05, 0) is 47.2 Å². The molecule has 0 fully saturated rings. The van der Waals surface area contributed by atoms with Crippen LogP contribution in [0.2, 0.25) is 0 Å². The van der Waals surface area contributed by atoms with Crippen LogP contribution < -0.4 is 4.74 Å². The van der Waals surface area contributed by atoms with Crippen LogP contribution in [-0.4, -0.2) is 20.3 Å². The van der Waals surface area contributed by atoms with Gasteiger partial charge in [-0.1, -0.05) is 142 Å². The molecular weight excluding hydrogens is 492 g/mol. The Morgan fingerprint density at radius 2 is 0.900 bits per heavy atom. The Balaban J connectivity index is 1.16. The summed E-state index contributed by atoms with van der Waals surface area (Å²) in [4.78, 5) is 0. The van der Waals surface area contributed by atoms with Gasteiger partial charge in [-0.25, -0.2) is 0 Å². The third-order valence-electron chi connectivity index (χ3n) is 7.47. The maximum Gasteiger partial charge on any atom is 0.143 e. The van der Waals surface area contributed by atoms with Gasteiger partial charge in [0.05, 0.1) is 13.7 Å². The number of hydrogen-bond acceptors (Lipinski definition) is 3. The van der Waals surface area contributed by atoms with E-state index in [0.717, 1.165) is 31.8 Å². The number of rotatable bonds is 18. The second-order valence-electron chi connectivity index (χ2n) is 10.4. The smallest absolute Gasteiger partial charge is 0.143 e. The molecule has 0 aromatic heterocycles. The molecular formula is C37H44O3. The van der Waals surface area contributed by atoms with Crippen molar-refractivity contribution in [3.05, 3.63) is 138 Å². The first-order chi connectivity index (χ1) is 19.8. The van der Waals surface area contributed by atoms with Gasteiger partial charge in [0, 0.05) is 13.2 Å². The number of hydrogen-bond donors (Lipinski definition) is 0. The molecule has 0 spiro atoms. The van der Waals surface area contributed by atoms with Crippen molar-refractivity contribution < 1.29 is 14.2 Å². The van der Waals surface area contributed by atoms with Crippen LogP contribution in [0.4, 0.5) is 0 Å². The molecule has 0 N–H and O–H groups in total. The maximum atomic E-state index is 6.89. The van der Waals surface area contributed by atoms with E-state index in [2.05, 4.69) is 103 Å². The van der Waals surface area contributed by atoms with Crippen molar-refractivity contribution in [2.75, 3.05) is 20.3 Å². The lowest BCUT2D eigenvalue weighted by atomic mass is 9.80. The molecule has 0 aliphatic heterocycles. The molecule has 0 radical (unpaired) electrons. The van der Waals surface area contributed by atoms with Crippen LogP contribution in [0.5, 0.6) is 5.75 Å². The van der Waals surface area contributed by atoms with Gasteiger partial charge in [0.2, 0.25) is 0 Å². The van der Waals surface area contributed by atoms with E-state index in [1.54, 1.807) is 7.11 Å². The fourth-order valence-electron chi connectivity index (χ4n) is 5.27. The minimum atomic E-state index is -0.612. The lowest BCUT2D eigenvalue weighted by Gasteiger charge is -2.36. The zero-order valence-corrected chi connectivity index (χ0v) is 24.0. The molecule has 4 aromatic rings. The van der Waals surface area contributed by atoms with Gasteiger partial charge in [0.15, 0.2) is 0 Å². The Bertz CT molecular complexity index is 1090. The van der Waals surface area contributed by atoms with Gasteiger partial charge in [0.1, 0.15) is 11.4 Å². The lowest BCUT2D eigenvalue weighted by Crippen LogP contribution is -2.33. The summed E-state index contributed by atoms with van der Waals surface area (Å²) in [6.07, 6.45) is 9.74. The number of benzene rings is 4. The fourth-order valence-corrected chi connectivity index (χ4v) is 5.27. The Morgan fingerprint density at radius 1 is 0.475 bits per heavy atom. The summed E-state index contributed by atoms with van der Waals surface area (Å²) in [7, 11) is 1.69. The number of ether oxygens (including phenoxy) is 3. The fraction of sp³-hybridized carbons (Fsp3) is 0.351. The summed E-state index contributed by atoms with van der Waals surface area (Å²) in [5.74, 6) is 0.885. The van der Waals surface area contributed by atoms with E-state index >= 15 is 0 Å². The van der Waals surface area contributed by atoms with Crippen LogP contribution in [0, 0.1) is 0 Å². The normalized spacial score (nSPS) is 11.4. The first-order valence-electron chi connectivity index (χ1n) is 14.8. The molecule has 0 unspecified atom stereocenters. The second kappa shape index (κ2) is 16.6. The first kappa shape index (κ1) is 29.6. The van der Waals surface area contributed by atoms with Crippen LogP contribution in [0.1, 0.15) is 73.6 Å². The summed E-state index contributed by atoms with van der Waals surface area (Å²) in [5.41, 5.74) is 4.08. The van der Waals surface area contributed by atoms with Gasteiger partial charge in [-0.15, -0.1) is 0 Å². The van der Waals surface area contributed by atoms with Gasteiger partial charge >= 0.3 is 0 Å². The highest BCUT2D eigenvalue weighted by Crippen LogP contribution is 2.40. The Kier molecular flexibility index (Phi) is 12.3. The van der Waals surface area contributed by atoms with E-state index in [0.29, 0.717) is 6.61 Å². The van der Waals surface area contributed by atoms with Crippen molar-refractivity contribution >= 4 is 0 Å². The van der Waals surface area contributed by atoms with Crippen molar-refractivity contribution in [1.82, 2.24) is 0 Å². The van der Waals surface area contributed by atoms with E-state index in [1.807, 2.05) is 12.1 Å².